The third-order valence-electron chi connectivity index (χ3n) is 6.30. The van der Waals surface area contributed by atoms with Gasteiger partial charge in [-0.3, -0.25) is 0 Å². The first kappa shape index (κ1) is 22.5. The Bertz CT molecular complexity index is 835. The smallest absolute Gasteiger partial charge is 0.166 e. The highest BCUT2D eigenvalue weighted by molar-refractivity contribution is 5.83. The standard InChI is InChI=1S/C28H34F2/c1-3-5-6-8-22-11-15-25(16-12-22)27(29)28(30)26-19-17-24(18-20-26)23-13-9-21(7-4-2)10-14-23/h6,8,11-12,15-21,23H,3-5,7,9-10,13-14H2,1-2H3/b8-6+,28-27-. The van der Waals surface area contributed by atoms with Crippen LogP contribution in [-0.2, 0) is 0 Å². The first-order valence-electron chi connectivity index (χ1n) is 11.5. The fraction of sp³-hybridized carbons (Fsp3) is 0.429. The minimum absolute atomic E-state index is 0.276. The van der Waals surface area contributed by atoms with Gasteiger partial charge < -0.3 is 0 Å². The molecule has 0 aliphatic heterocycles. The molecule has 1 fully saturated rings. The van der Waals surface area contributed by atoms with Crippen LogP contribution in [0.3, 0.4) is 0 Å². The molecule has 0 amide bonds. The van der Waals surface area contributed by atoms with Crippen LogP contribution >= 0.6 is 0 Å². The summed E-state index contributed by atoms with van der Waals surface area (Å²) in [6.07, 6.45) is 13.8. The molecule has 2 heteroatoms. The Morgan fingerprint density at radius 2 is 1.37 bits per heavy atom. The summed E-state index contributed by atoms with van der Waals surface area (Å²) in [5.41, 5.74) is 2.84. The van der Waals surface area contributed by atoms with E-state index < -0.39 is 11.7 Å². The molecule has 0 saturated heterocycles. The van der Waals surface area contributed by atoms with Crippen LogP contribution in [0.15, 0.2) is 54.6 Å². The van der Waals surface area contributed by atoms with Gasteiger partial charge in [0.15, 0.2) is 11.7 Å². The molecule has 0 nitrogen and oxygen atoms in total. The summed E-state index contributed by atoms with van der Waals surface area (Å²) in [4.78, 5) is 0. The van der Waals surface area contributed by atoms with Crippen LogP contribution in [0.1, 0.15) is 93.4 Å². The number of hydrogen-bond donors (Lipinski definition) is 0. The van der Waals surface area contributed by atoms with Crippen LogP contribution in [-0.4, -0.2) is 0 Å². The number of halogens is 2. The lowest BCUT2D eigenvalue weighted by molar-refractivity contribution is 0.308. The Kier molecular flexibility index (Phi) is 8.42. The number of hydrogen-bond acceptors (Lipinski definition) is 0. The fourth-order valence-electron chi connectivity index (χ4n) is 4.47. The molecule has 1 aliphatic carbocycles. The van der Waals surface area contributed by atoms with Gasteiger partial charge in [-0.1, -0.05) is 93.8 Å². The van der Waals surface area contributed by atoms with Gasteiger partial charge in [-0.05, 0) is 55.1 Å². The quantitative estimate of drug-likeness (QED) is 0.382. The topological polar surface area (TPSA) is 0 Å². The van der Waals surface area contributed by atoms with Gasteiger partial charge in [0.25, 0.3) is 0 Å². The zero-order valence-corrected chi connectivity index (χ0v) is 18.3. The van der Waals surface area contributed by atoms with E-state index in [-0.39, 0.29) is 5.56 Å². The molecule has 30 heavy (non-hydrogen) atoms. The maximum absolute atomic E-state index is 14.8. The molecule has 160 valence electrons. The van der Waals surface area contributed by atoms with Crippen LogP contribution in [0.5, 0.6) is 0 Å². The van der Waals surface area contributed by atoms with Crippen LogP contribution < -0.4 is 0 Å². The predicted molar refractivity (Wildman–Crippen MR) is 125 cm³/mol. The van der Waals surface area contributed by atoms with Crippen LogP contribution in [0.25, 0.3) is 17.7 Å². The van der Waals surface area contributed by atoms with Gasteiger partial charge in [0.05, 0.1) is 0 Å². The highest BCUT2D eigenvalue weighted by atomic mass is 19.2. The Hall–Kier alpha value is -2.22. The molecule has 0 unspecified atom stereocenters. The van der Waals surface area contributed by atoms with Crippen molar-refractivity contribution in [1.82, 2.24) is 0 Å². The number of allylic oxidation sites excluding steroid dienone is 1. The maximum Gasteiger partial charge on any atom is 0.166 e. The summed E-state index contributed by atoms with van der Waals surface area (Å²) in [5.74, 6) is -0.166. The highest BCUT2D eigenvalue weighted by Crippen LogP contribution is 2.38. The Labute approximate surface area is 180 Å². The average molecular weight is 409 g/mol. The minimum atomic E-state index is -0.799. The molecule has 3 rings (SSSR count). The van der Waals surface area contributed by atoms with Crippen LogP contribution in [0, 0.1) is 5.92 Å². The van der Waals surface area contributed by atoms with Gasteiger partial charge in [0.1, 0.15) is 0 Å². The first-order chi connectivity index (χ1) is 14.6. The normalized spacial score (nSPS) is 20.4. The summed E-state index contributed by atoms with van der Waals surface area (Å²) in [6.45, 7) is 4.38. The van der Waals surface area contributed by atoms with E-state index in [1.54, 1.807) is 24.3 Å². The monoisotopic (exact) mass is 408 g/mol. The molecule has 2 aromatic carbocycles. The zero-order chi connectivity index (χ0) is 21.3. The SMILES string of the molecule is CCC/C=C/c1ccc(/C(F)=C(/F)c2ccc(C3CCC(CCC)CC3)cc2)cc1. The second-order valence-corrected chi connectivity index (χ2v) is 8.57. The van der Waals surface area contributed by atoms with Crippen molar-refractivity contribution in [3.8, 4) is 0 Å². The molecule has 1 aliphatic rings. The Morgan fingerprint density at radius 3 is 1.90 bits per heavy atom. The molecule has 0 radical (unpaired) electrons. The summed E-state index contributed by atoms with van der Waals surface area (Å²) < 4.78 is 29.5. The lowest BCUT2D eigenvalue weighted by atomic mass is 9.77. The van der Waals surface area contributed by atoms with E-state index in [4.69, 9.17) is 0 Å². The molecular formula is C28H34F2. The van der Waals surface area contributed by atoms with Crippen molar-refractivity contribution < 1.29 is 8.78 Å². The third kappa shape index (κ3) is 5.90. The summed E-state index contributed by atoms with van der Waals surface area (Å²) in [6, 6.07) is 14.4. The van der Waals surface area contributed by atoms with Gasteiger partial charge in [-0.2, -0.15) is 0 Å². The first-order valence-corrected chi connectivity index (χ1v) is 11.5. The molecule has 0 atom stereocenters. The van der Waals surface area contributed by atoms with E-state index in [0.717, 1.165) is 24.3 Å². The van der Waals surface area contributed by atoms with Crippen molar-refractivity contribution in [3.63, 3.8) is 0 Å². The Morgan fingerprint density at radius 1 is 0.800 bits per heavy atom. The van der Waals surface area contributed by atoms with Gasteiger partial charge >= 0.3 is 0 Å². The van der Waals surface area contributed by atoms with Crippen LogP contribution in [0.2, 0.25) is 0 Å². The Balaban J connectivity index is 1.67. The van der Waals surface area contributed by atoms with Gasteiger partial charge in [-0.25, -0.2) is 8.78 Å². The molecule has 0 spiro atoms. The van der Waals surface area contributed by atoms with E-state index >= 15 is 0 Å². The average Bonchev–Trinajstić information content (AvgIpc) is 2.80. The summed E-state index contributed by atoms with van der Waals surface area (Å²) >= 11 is 0. The van der Waals surface area contributed by atoms with E-state index in [9.17, 15) is 8.78 Å². The van der Waals surface area contributed by atoms with Crippen molar-refractivity contribution in [3.05, 3.63) is 76.9 Å². The van der Waals surface area contributed by atoms with Gasteiger partial charge in [0.2, 0.25) is 0 Å². The van der Waals surface area contributed by atoms with Gasteiger partial charge in [0, 0.05) is 11.1 Å². The summed E-state index contributed by atoms with van der Waals surface area (Å²) in [7, 11) is 0. The third-order valence-corrected chi connectivity index (χ3v) is 6.30. The van der Waals surface area contributed by atoms with Crippen molar-refractivity contribution >= 4 is 17.7 Å². The second-order valence-electron chi connectivity index (χ2n) is 8.57. The number of unbranched alkanes of at least 4 members (excludes halogenated alkanes) is 1. The van der Waals surface area contributed by atoms with E-state index in [1.807, 2.05) is 30.3 Å². The van der Waals surface area contributed by atoms with Crippen molar-refractivity contribution in [2.45, 2.75) is 71.1 Å². The maximum atomic E-state index is 14.8. The molecule has 0 bridgehead atoms. The molecular weight excluding hydrogens is 374 g/mol. The van der Waals surface area contributed by atoms with Crippen molar-refractivity contribution in [2.75, 3.05) is 0 Å². The molecule has 1 saturated carbocycles. The zero-order valence-electron chi connectivity index (χ0n) is 18.3. The lowest BCUT2D eigenvalue weighted by Crippen LogP contribution is -2.13. The predicted octanol–water partition coefficient (Wildman–Crippen LogP) is 9.34. The highest BCUT2D eigenvalue weighted by Gasteiger charge is 2.22. The summed E-state index contributed by atoms with van der Waals surface area (Å²) in [5, 5.41) is 0. The molecule has 2 aromatic rings. The molecule has 0 heterocycles. The largest absolute Gasteiger partial charge is 0.203 e. The number of benzene rings is 2. The lowest BCUT2D eigenvalue weighted by Gasteiger charge is -2.28. The molecule has 0 aromatic heterocycles. The van der Waals surface area contributed by atoms with Crippen LogP contribution in [0.4, 0.5) is 8.78 Å². The number of rotatable bonds is 8. The van der Waals surface area contributed by atoms with Crippen molar-refractivity contribution in [1.29, 1.82) is 0 Å². The molecule has 0 N–H and O–H groups in total. The van der Waals surface area contributed by atoms with Gasteiger partial charge in [-0.15, -0.1) is 0 Å². The van der Waals surface area contributed by atoms with E-state index in [0.29, 0.717) is 11.5 Å². The van der Waals surface area contributed by atoms with Crippen molar-refractivity contribution in [2.24, 2.45) is 5.92 Å². The van der Waals surface area contributed by atoms with E-state index in [1.165, 1.54) is 44.1 Å². The second kappa shape index (κ2) is 11.2. The van der Waals surface area contributed by atoms with E-state index in [2.05, 4.69) is 19.9 Å². The fourth-order valence-corrected chi connectivity index (χ4v) is 4.47. The minimum Gasteiger partial charge on any atom is -0.203 e.